The molecular weight excluding hydrogens is 285 g/mol. The summed E-state index contributed by atoms with van der Waals surface area (Å²) in [5.74, 6) is -0.409. The zero-order valence-electron chi connectivity index (χ0n) is 10.9. The van der Waals surface area contributed by atoms with Gasteiger partial charge in [-0.1, -0.05) is 18.2 Å². The van der Waals surface area contributed by atoms with Crippen LogP contribution in [0.25, 0.3) is 11.1 Å². The molecule has 2 N–H and O–H groups in total. The Balaban J connectivity index is 2.37. The van der Waals surface area contributed by atoms with Crippen LogP contribution >= 0.6 is 0 Å². The lowest BCUT2D eigenvalue weighted by Crippen LogP contribution is -2.17. The van der Waals surface area contributed by atoms with Crippen LogP contribution in [0.15, 0.2) is 42.5 Å². The third-order valence-electron chi connectivity index (χ3n) is 2.84. The highest BCUT2D eigenvalue weighted by Gasteiger charge is 2.31. The fourth-order valence-electron chi connectivity index (χ4n) is 1.96. The molecule has 0 radical (unpaired) electrons. The molecular formula is C15H13F3O3. The van der Waals surface area contributed by atoms with Crippen LogP contribution in [0.3, 0.4) is 0 Å². The van der Waals surface area contributed by atoms with E-state index in [2.05, 4.69) is 4.74 Å². The minimum absolute atomic E-state index is 0.0541. The van der Waals surface area contributed by atoms with Gasteiger partial charge >= 0.3 is 6.36 Å². The molecule has 0 saturated carbocycles. The van der Waals surface area contributed by atoms with Crippen molar-refractivity contribution >= 4 is 0 Å². The largest absolute Gasteiger partial charge is 0.573 e. The Bertz CT molecular complexity index is 624. The molecule has 0 aliphatic heterocycles. The van der Waals surface area contributed by atoms with E-state index >= 15 is 0 Å². The van der Waals surface area contributed by atoms with Gasteiger partial charge in [0.15, 0.2) is 0 Å². The molecule has 2 aromatic carbocycles. The van der Waals surface area contributed by atoms with Gasteiger partial charge < -0.3 is 14.9 Å². The molecule has 0 bridgehead atoms. The minimum atomic E-state index is -4.76. The van der Waals surface area contributed by atoms with Crippen molar-refractivity contribution in [2.24, 2.45) is 0 Å². The monoisotopic (exact) mass is 298 g/mol. The van der Waals surface area contributed by atoms with E-state index in [0.717, 1.165) is 5.56 Å². The second-order valence-electron chi connectivity index (χ2n) is 4.40. The first-order chi connectivity index (χ1) is 9.89. The molecule has 3 nitrogen and oxygen atoms in total. The number of halogens is 3. The summed E-state index contributed by atoms with van der Waals surface area (Å²) in [5, 5.41) is 18.8. The smallest absolute Gasteiger partial charge is 0.507 e. The second-order valence-corrected chi connectivity index (χ2v) is 4.40. The summed E-state index contributed by atoms with van der Waals surface area (Å²) in [7, 11) is 0. The molecule has 6 heteroatoms. The molecule has 0 atom stereocenters. The number of phenols is 1. The third-order valence-corrected chi connectivity index (χ3v) is 2.84. The molecule has 0 amide bonds. The van der Waals surface area contributed by atoms with Gasteiger partial charge in [0.2, 0.25) is 0 Å². The molecule has 0 spiro atoms. The van der Waals surface area contributed by atoms with Crippen LogP contribution < -0.4 is 4.74 Å². The molecule has 2 rings (SSSR count). The van der Waals surface area contributed by atoms with Crippen LogP contribution in [0.4, 0.5) is 13.2 Å². The number of hydrogen-bond acceptors (Lipinski definition) is 3. The van der Waals surface area contributed by atoms with Gasteiger partial charge in [-0.25, -0.2) is 0 Å². The minimum Gasteiger partial charge on any atom is -0.507 e. The predicted molar refractivity (Wildman–Crippen MR) is 71.0 cm³/mol. The Morgan fingerprint density at radius 1 is 1.05 bits per heavy atom. The van der Waals surface area contributed by atoms with Crippen molar-refractivity contribution < 1.29 is 28.1 Å². The highest BCUT2D eigenvalue weighted by Crippen LogP contribution is 2.33. The summed E-state index contributed by atoms with van der Waals surface area (Å²) in [6, 6.07) is 10.1. The van der Waals surface area contributed by atoms with Gasteiger partial charge in [-0.05, 0) is 41.8 Å². The number of rotatable bonds is 4. The van der Waals surface area contributed by atoms with E-state index in [1.165, 1.54) is 24.3 Å². The number of aliphatic hydroxyl groups is 1. The molecule has 112 valence electrons. The molecule has 0 aliphatic rings. The van der Waals surface area contributed by atoms with Crippen molar-refractivity contribution in [3.8, 4) is 22.6 Å². The lowest BCUT2D eigenvalue weighted by atomic mass is 10.0. The maximum atomic E-state index is 12.2. The van der Waals surface area contributed by atoms with Gasteiger partial charge in [0.1, 0.15) is 11.5 Å². The van der Waals surface area contributed by atoms with E-state index < -0.39 is 6.36 Å². The van der Waals surface area contributed by atoms with Gasteiger partial charge in [-0.3, -0.25) is 0 Å². The van der Waals surface area contributed by atoms with E-state index in [-0.39, 0.29) is 18.1 Å². The Morgan fingerprint density at radius 3 is 2.48 bits per heavy atom. The van der Waals surface area contributed by atoms with Gasteiger partial charge in [0.05, 0.1) is 0 Å². The summed E-state index contributed by atoms with van der Waals surface area (Å²) in [6.07, 6.45) is -4.37. The van der Waals surface area contributed by atoms with Crippen molar-refractivity contribution in [2.45, 2.75) is 12.8 Å². The fraction of sp³-hybridized carbons (Fsp3) is 0.200. The average molecular weight is 298 g/mol. The van der Waals surface area contributed by atoms with Crippen LogP contribution in [-0.2, 0) is 6.42 Å². The van der Waals surface area contributed by atoms with Gasteiger partial charge in [-0.15, -0.1) is 13.2 Å². The van der Waals surface area contributed by atoms with Crippen molar-refractivity contribution in [3.05, 3.63) is 48.0 Å². The first-order valence-electron chi connectivity index (χ1n) is 6.18. The van der Waals surface area contributed by atoms with Gasteiger partial charge in [0, 0.05) is 12.2 Å². The molecule has 0 fully saturated rings. The van der Waals surface area contributed by atoms with Crippen molar-refractivity contribution in [3.63, 3.8) is 0 Å². The SMILES string of the molecule is OCCc1ccc(O)c(-c2cccc(OC(F)(F)F)c2)c1. The summed E-state index contributed by atoms with van der Waals surface area (Å²) >= 11 is 0. The highest BCUT2D eigenvalue weighted by atomic mass is 19.4. The summed E-state index contributed by atoms with van der Waals surface area (Å²) in [6.45, 7) is -0.0541. The number of aromatic hydroxyl groups is 1. The van der Waals surface area contributed by atoms with Crippen LogP contribution in [0.2, 0.25) is 0 Å². The fourth-order valence-corrected chi connectivity index (χ4v) is 1.96. The lowest BCUT2D eigenvalue weighted by molar-refractivity contribution is -0.274. The number of hydrogen-bond donors (Lipinski definition) is 2. The van der Waals surface area contributed by atoms with Gasteiger partial charge in [-0.2, -0.15) is 0 Å². The third kappa shape index (κ3) is 4.13. The topological polar surface area (TPSA) is 49.7 Å². The van der Waals surface area contributed by atoms with Crippen LogP contribution in [0.5, 0.6) is 11.5 Å². The maximum Gasteiger partial charge on any atom is 0.573 e. The zero-order valence-corrected chi connectivity index (χ0v) is 10.9. The lowest BCUT2D eigenvalue weighted by Gasteiger charge is -2.11. The van der Waals surface area contributed by atoms with E-state index in [1.54, 1.807) is 18.2 Å². The number of benzene rings is 2. The second kappa shape index (κ2) is 6.05. The Labute approximate surface area is 119 Å². The Kier molecular flexibility index (Phi) is 4.37. The first-order valence-corrected chi connectivity index (χ1v) is 6.18. The first kappa shape index (κ1) is 15.2. The number of aliphatic hydroxyl groups excluding tert-OH is 1. The average Bonchev–Trinajstić information content (AvgIpc) is 2.39. The summed E-state index contributed by atoms with van der Waals surface area (Å²) in [4.78, 5) is 0. The van der Waals surface area contributed by atoms with E-state index in [1.807, 2.05) is 0 Å². The van der Waals surface area contributed by atoms with Crippen molar-refractivity contribution in [1.29, 1.82) is 0 Å². The standard InChI is InChI=1S/C15H13F3O3/c16-15(17,18)21-12-3-1-2-11(9-12)13-8-10(6-7-19)4-5-14(13)20/h1-5,8-9,19-20H,6-7H2. The summed E-state index contributed by atoms with van der Waals surface area (Å²) in [5.41, 5.74) is 1.55. The number of phenolic OH excluding ortho intramolecular Hbond substituents is 1. The quantitative estimate of drug-likeness (QED) is 0.908. The molecule has 21 heavy (non-hydrogen) atoms. The Hall–Kier alpha value is -2.21. The molecule has 0 heterocycles. The van der Waals surface area contributed by atoms with Gasteiger partial charge in [0.25, 0.3) is 0 Å². The van der Waals surface area contributed by atoms with Crippen molar-refractivity contribution in [2.75, 3.05) is 6.61 Å². The van der Waals surface area contributed by atoms with Crippen molar-refractivity contribution in [1.82, 2.24) is 0 Å². The normalized spacial score (nSPS) is 11.4. The number of ether oxygens (including phenoxy) is 1. The Morgan fingerprint density at radius 2 is 1.81 bits per heavy atom. The zero-order chi connectivity index (χ0) is 15.5. The van der Waals surface area contributed by atoms with E-state index in [9.17, 15) is 18.3 Å². The van der Waals surface area contributed by atoms with E-state index in [0.29, 0.717) is 17.5 Å². The molecule has 0 aliphatic carbocycles. The highest BCUT2D eigenvalue weighted by molar-refractivity contribution is 5.71. The summed E-state index contributed by atoms with van der Waals surface area (Å²) < 4.78 is 40.5. The molecule has 2 aromatic rings. The molecule has 0 unspecified atom stereocenters. The van der Waals surface area contributed by atoms with Crippen LogP contribution in [0, 0.1) is 0 Å². The number of alkyl halides is 3. The van der Waals surface area contributed by atoms with Crippen LogP contribution in [0.1, 0.15) is 5.56 Å². The molecule has 0 aromatic heterocycles. The predicted octanol–water partition coefficient (Wildman–Crippen LogP) is 3.49. The van der Waals surface area contributed by atoms with E-state index in [4.69, 9.17) is 5.11 Å². The molecule has 0 saturated heterocycles. The van der Waals surface area contributed by atoms with Crippen LogP contribution in [-0.4, -0.2) is 23.2 Å². The maximum absolute atomic E-state index is 12.2.